The van der Waals surface area contributed by atoms with Crippen molar-refractivity contribution in [2.24, 2.45) is 0 Å². The molecule has 0 heterocycles. The minimum Gasteiger partial charge on any atom is -0.345 e. The summed E-state index contributed by atoms with van der Waals surface area (Å²) in [6, 6.07) is 26.4. The zero-order chi connectivity index (χ0) is 18.5. The van der Waals surface area contributed by atoms with Gasteiger partial charge in [0.2, 0.25) is 0 Å². The highest BCUT2D eigenvalue weighted by molar-refractivity contribution is 6.00. The van der Waals surface area contributed by atoms with Gasteiger partial charge in [0, 0.05) is 26.3 Å². The minimum absolute atomic E-state index is 0.00671. The zero-order valence-corrected chi connectivity index (χ0v) is 15.5. The fraction of sp³-hybridized carbons (Fsp3) is 0.174. The van der Waals surface area contributed by atoms with Crippen molar-refractivity contribution in [3.05, 3.63) is 95.6 Å². The van der Waals surface area contributed by atoms with Gasteiger partial charge in [0.1, 0.15) is 0 Å². The third-order valence-electron chi connectivity index (χ3n) is 4.42. The summed E-state index contributed by atoms with van der Waals surface area (Å²) in [5, 5.41) is 0. The van der Waals surface area contributed by atoms with E-state index < -0.39 is 0 Å². The molecule has 3 heteroatoms. The molecule has 26 heavy (non-hydrogen) atoms. The van der Waals surface area contributed by atoms with Crippen LogP contribution in [0.3, 0.4) is 0 Å². The Morgan fingerprint density at radius 2 is 1.35 bits per heavy atom. The Labute approximate surface area is 155 Å². The van der Waals surface area contributed by atoms with Crippen LogP contribution in [0.2, 0.25) is 0 Å². The fourth-order valence-electron chi connectivity index (χ4n) is 3.06. The van der Waals surface area contributed by atoms with Gasteiger partial charge in [-0.05, 0) is 36.2 Å². The second-order valence-corrected chi connectivity index (χ2v) is 6.57. The van der Waals surface area contributed by atoms with E-state index in [0.717, 1.165) is 11.4 Å². The summed E-state index contributed by atoms with van der Waals surface area (Å²) in [5.41, 5.74) is 5.11. The quantitative estimate of drug-likeness (QED) is 0.648. The molecule has 0 aliphatic rings. The Bertz CT molecular complexity index is 887. The molecule has 0 aliphatic carbocycles. The van der Waals surface area contributed by atoms with Crippen LogP contribution in [-0.4, -0.2) is 24.9 Å². The number of amides is 1. The third-order valence-corrected chi connectivity index (χ3v) is 4.42. The van der Waals surface area contributed by atoms with E-state index in [0.29, 0.717) is 12.1 Å². The molecule has 0 aliphatic heterocycles. The second kappa shape index (κ2) is 7.87. The maximum atomic E-state index is 12.7. The Morgan fingerprint density at radius 1 is 0.769 bits per heavy atom. The van der Waals surface area contributed by atoms with Crippen LogP contribution in [-0.2, 0) is 6.54 Å². The Kier molecular flexibility index (Phi) is 5.37. The minimum atomic E-state index is 0.00671. The van der Waals surface area contributed by atoms with E-state index in [1.807, 2.05) is 54.6 Å². The average Bonchev–Trinajstić information content (AvgIpc) is 2.67. The number of hydrogen-bond donors (Lipinski definition) is 0. The summed E-state index contributed by atoms with van der Waals surface area (Å²) in [6.45, 7) is 2.80. The maximum absolute atomic E-state index is 12.7. The van der Waals surface area contributed by atoms with Gasteiger partial charge in [-0.3, -0.25) is 4.79 Å². The summed E-state index contributed by atoms with van der Waals surface area (Å²) >= 11 is 0. The van der Waals surface area contributed by atoms with E-state index in [9.17, 15) is 4.79 Å². The maximum Gasteiger partial charge on any atom is 0.255 e. The van der Waals surface area contributed by atoms with Crippen molar-refractivity contribution in [1.29, 1.82) is 0 Å². The lowest BCUT2D eigenvalue weighted by Crippen LogP contribution is -2.26. The molecule has 0 atom stereocenters. The SMILES string of the molecule is Cc1ccccc1N(Cc1ccccc1)c1ccccc1C(=O)N(C)C. The molecule has 3 aromatic rings. The van der Waals surface area contributed by atoms with Gasteiger partial charge < -0.3 is 9.80 Å². The van der Waals surface area contributed by atoms with Crippen LogP contribution in [0.1, 0.15) is 21.5 Å². The number of hydrogen-bond acceptors (Lipinski definition) is 2. The van der Waals surface area contributed by atoms with Crippen molar-refractivity contribution in [1.82, 2.24) is 4.90 Å². The molecule has 0 fully saturated rings. The lowest BCUT2D eigenvalue weighted by Gasteiger charge is -2.29. The predicted octanol–water partition coefficient (Wildman–Crippen LogP) is 5.04. The van der Waals surface area contributed by atoms with Crippen LogP contribution >= 0.6 is 0 Å². The Balaban J connectivity index is 2.13. The van der Waals surface area contributed by atoms with E-state index in [4.69, 9.17) is 0 Å². The number of carbonyl (C=O) groups is 1. The monoisotopic (exact) mass is 344 g/mol. The van der Waals surface area contributed by atoms with Crippen LogP contribution in [0, 0.1) is 6.92 Å². The number of anilines is 2. The molecular weight excluding hydrogens is 320 g/mol. The van der Waals surface area contributed by atoms with Gasteiger partial charge in [-0.15, -0.1) is 0 Å². The number of para-hydroxylation sites is 2. The molecule has 0 saturated carbocycles. The molecule has 3 nitrogen and oxygen atoms in total. The number of benzene rings is 3. The van der Waals surface area contributed by atoms with Gasteiger partial charge >= 0.3 is 0 Å². The number of nitrogens with zero attached hydrogens (tertiary/aromatic N) is 2. The van der Waals surface area contributed by atoms with Gasteiger partial charge in [0.05, 0.1) is 11.3 Å². The molecule has 0 radical (unpaired) electrons. The van der Waals surface area contributed by atoms with E-state index in [1.165, 1.54) is 11.1 Å². The molecule has 1 amide bonds. The predicted molar refractivity (Wildman–Crippen MR) is 108 cm³/mol. The highest BCUT2D eigenvalue weighted by Gasteiger charge is 2.20. The topological polar surface area (TPSA) is 23.6 Å². The summed E-state index contributed by atoms with van der Waals surface area (Å²) in [5.74, 6) is 0.00671. The largest absolute Gasteiger partial charge is 0.345 e. The molecule has 0 unspecified atom stereocenters. The fourth-order valence-corrected chi connectivity index (χ4v) is 3.06. The molecule has 3 rings (SSSR count). The summed E-state index contributed by atoms with van der Waals surface area (Å²) in [6.07, 6.45) is 0. The van der Waals surface area contributed by atoms with Crippen molar-refractivity contribution in [3.63, 3.8) is 0 Å². The van der Waals surface area contributed by atoms with Crippen LogP contribution in [0.5, 0.6) is 0 Å². The molecule has 3 aromatic carbocycles. The number of aryl methyl sites for hydroxylation is 1. The zero-order valence-electron chi connectivity index (χ0n) is 15.5. The van der Waals surface area contributed by atoms with Crippen molar-refractivity contribution in [3.8, 4) is 0 Å². The van der Waals surface area contributed by atoms with E-state index >= 15 is 0 Å². The smallest absolute Gasteiger partial charge is 0.255 e. The lowest BCUT2D eigenvalue weighted by atomic mass is 10.1. The molecule has 0 N–H and O–H groups in total. The van der Waals surface area contributed by atoms with Crippen molar-refractivity contribution >= 4 is 17.3 Å². The van der Waals surface area contributed by atoms with Crippen LogP contribution < -0.4 is 4.90 Å². The van der Waals surface area contributed by atoms with Crippen LogP contribution in [0.25, 0.3) is 0 Å². The Hall–Kier alpha value is -3.07. The highest BCUT2D eigenvalue weighted by atomic mass is 16.2. The molecular formula is C23H24N2O. The lowest BCUT2D eigenvalue weighted by molar-refractivity contribution is 0.0828. The number of carbonyl (C=O) groups excluding carboxylic acids is 1. The first-order valence-electron chi connectivity index (χ1n) is 8.75. The molecule has 0 saturated heterocycles. The Morgan fingerprint density at radius 3 is 2.00 bits per heavy atom. The molecule has 0 spiro atoms. The van der Waals surface area contributed by atoms with E-state index in [2.05, 4.69) is 36.1 Å². The first-order valence-corrected chi connectivity index (χ1v) is 8.75. The molecule has 0 bridgehead atoms. The third kappa shape index (κ3) is 3.77. The van der Waals surface area contributed by atoms with Gasteiger partial charge in [0.15, 0.2) is 0 Å². The molecule has 0 aromatic heterocycles. The van der Waals surface area contributed by atoms with E-state index in [1.54, 1.807) is 19.0 Å². The van der Waals surface area contributed by atoms with Crippen molar-refractivity contribution in [2.45, 2.75) is 13.5 Å². The molecule has 132 valence electrons. The average molecular weight is 344 g/mol. The summed E-state index contributed by atoms with van der Waals surface area (Å²) in [7, 11) is 3.57. The van der Waals surface area contributed by atoms with Crippen molar-refractivity contribution < 1.29 is 4.79 Å². The standard InChI is InChI=1S/C23H24N2O/c1-18-11-7-9-15-21(18)25(17-19-12-5-4-6-13-19)22-16-10-8-14-20(22)23(26)24(2)3/h4-16H,17H2,1-3H3. The highest BCUT2D eigenvalue weighted by Crippen LogP contribution is 2.33. The first kappa shape index (κ1) is 17.7. The van der Waals surface area contributed by atoms with E-state index in [-0.39, 0.29) is 5.91 Å². The van der Waals surface area contributed by atoms with Gasteiger partial charge in [-0.25, -0.2) is 0 Å². The summed E-state index contributed by atoms with van der Waals surface area (Å²) < 4.78 is 0. The number of rotatable bonds is 5. The summed E-state index contributed by atoms with van der Waals surface area (Å²) in [4.78, 5) is 16.6. The van der Waals surface area contributed by atoms with Gasteiger partial charge in [0.25, 0.3) is 5.91 Å². The van der Waals surface area contributed by atoms with Crippen LogP contribution in [0.15, 0.2) is 78.9 Å². The van der Waals surface area contributed by atoms with Gasteiger partial charge in [-0.1, -0.05) is 60.7 Å². The first-order chi connectivity index (χ1) is 12.6. The second-order valence-electron chi connectivity index (χ2n) is 6.57. The van der Waals surface area contributed by atoms with Gasteiger partial charge in [-0.2, -0.15) is 0 Å². The van der Waals surface area contributed by atoms with Crippen LogP contribution in [0.4, 0.5) is 11.4 Å². The normalized spacial score (nSPS) is 10.4. The van der Waals surface area contributed by atoms with Crippen molar-refractivity contribution in [2.75, 3.05) is 19.0 Å².